The van der Waals surface area contributed by atoms with Gasteiger partial charge in [0.2, 0.25) is 5.91 Å². The van der Waals surface area contributed by atoms with E-state index < -0.39 is 0 Å². The molecular weight excluding hydrogens is 364 g/mol. The number of aromatic amines is 1. The number of hydrogen-bond acceptors (Lipinski definition) is 3. The van der Waals surface area contributed by atoms with E-state index in [1.165, 1.54) is 0 Å². The third kappa shape index (κ3) is 3.44. The summed E-state index contributed by atoms with van der Waals surface area (Å²) in [6.07, 6.45) is 1.91. The average molecular weight is 381 g/mol. The summed E-state index contributed by atoms with van der Waals surface area (Å²) < 4.78 is 0. The molecule has 2 heterocycles. The number of nitrogens with one attached hydrogen (secondary N) is 3. The van der Waals surface area contributed by atoms with Gasteiger partial charge in [-0.2, -0.15) is 5.10 Å². The predicted molar refractivity (Wildman–Crippen MR) is 104 cm³/mol. The fourth-order valence-corrected chi connectivity index (χ4v) is 3.53. The Kier molecular flexibility index (Phi) is 4.41. The van der Waals surface area contributed by atoms with Crippen molar-refractivity contribution < 1.29 is 9.59 Å². The Labute approximate surface area is 160 Å². The fraction of sp³-hybridized carbons (Fsp3) is 0.150. The van der Waals surface area contributed by atoms with E-state index in [0.717, 1.165) is 16.5 Å². The number of benzene rings is 2. The first-order valence-electron chi connectivity index (χ1n) is 8.52. The number of anilines is 1. The Balaban J connectivity index is 1.66. The molecule has 0 radical (unpaired) electrons. The zero-order valence-corrected chi connectivity index (χ0v) is 15.3. The lowest BCUT2D eigenvalue weighted by molar-refractivity contribution is -0.121. The van der Waals surface area contributed by atoms with Gasteiger partial charge in [0.1, 0.15) is 0 Å². The summed E-state index contributed by atoms with van der Waals surface area (Å²) >= 11 is 5.97. The SMILES string of the molecule is CC1=C(C(=O)Nc2ccc3[nH]ncc3c2)C(c2ccc(Cl)cc2)CC(=O)N1. The summed E-state index contributed by atoms with van der Waals surface area (Å²) in [5, 5.41) is 14.1. The number of allylic oxidation sites excluding steroid dienone is 1. The molecule has 0 spiro atoms. The van der Waals surface area contributed by atoms with Crippen LogP contribution in [0.4, 0.5) is 5.69 Å². The predicted octanol–water partition coefficient (Wildman–Crippen LogP) is 3.73. The molecule has 0 fully saturated rings. The van der Waals surface area contributed by atoms with Gasteiger partial charge in [-0.3, -0.25) is 14.7 Å². The van der Waals surface area contributed by atoms with Crippen molar-refractivity contribution in [1.82, 2.24) is 15.5 Å². The maximum absolute atomic E-state index is 13.0. The van der Waals surface area contributed by atoms with Crippen molar-refractivity contribution in [3.63, 3.8) is 0 Å². The fourth-order valence-electron chi connectivity index (χ4n) is 3.40. The van der Waals surface area contributed by atoms with E-state index in [2.05, 4.69) is 20.8 Å². The molecular formula is C20H17ClN4O2. The molecule has 2 amide bonds. The topological polar surface area (TPSA) is 86.9 Å². The molecule has 1 unspecified atom stereocenters. The molecule has 1 atom stereocenters. The van der Waals surface area contributed by atoms with Crippen LogP contribution >= 0.6 is 11.6 Å². The van der Waals surface area contributed by atoms with Crippen molar-refractivity contribution >= 4 is 40.0 Å². The monoisotopic (exact) mass is 380 g/mol. The Hall–Kier alpha value is -3.12. The van der Waals surface area contributed by atoms with Crippen LogP contribution < -0.4 is 10.6 Å². The first kappa shape index (κ1) is 17.3. The van der Waals surface area contributed by atoms with E-state index in [-0.39, 0.29) is 24.2 Å². The van der Waals surface area contributed by atoms with Crippen LogP contribution in [-0.4, -0.2) is 22.0 Å². The number of amides is 2. The summed E-state index contributed by atoms with van der Waals surface area (Å²) in [6, 6.07) is 12.8. The summed E-state index contributed by atoms with van der Waals surface area (Å²) in [4.78, 5) is 25.1. The van der Waals surface area contributed by atoms with E-state index in [1.54, 1.807) is 25.3 Å². The standard InChI is InChI=1S/C20H17ClN4O2/c1-11-19(16(9-18(26)23-11)12-2-4-14(21)5-3-12)20(27)24-15-6-7-17-13(8-15)10-22-25-17/h2-8,10,16H,9H2,1H3,(H,22,25)(H,23,26)(H,24,27). The van der Waals surface area contributed by atoms with Gasteiger partial charge in [0.25, 0.3) is 5.91 Å². The minimum absolute atomic E-state index is 0.108. The molecule has 7 heteroatoms. The second kappa shape index (κ2) is 6.89. The van der Waals surface area contributed by atoms with Crippen LogP contribution in [0.25, 0.3) is 10.9 Å². The number of fused-ring (bicyclic) bond motifs is 1. The number of carbonyl (C=O) groups is 2. The zero-order chi connectivity index (χ0) is 19.0. The largest absolute Gasteiger partial charge is 0.330 e. The molecule has 1 aliphatic heterocycles. The molecule has 136 valence electrons. The number of H-pyrrole nitrogens is 1. The summed E-state index contributed by atoms with van der Waals surface area (Å²) in [5.41, 5.74) is 3.55. The smallest absolute Gasteiger partial charge is 0.253 e. The molecule has 2 aromatic carbocycles. The number of halogens is 1. The van der Waals surface area contributed by atoms with Crippen molar-refractivity contribution in [3.8, 4) is 0 Å². The number of aromatic nitrogens is 2. The van der Waals surface area contributed by atoms with Gasteiger partial charge in [-0.25, -0.2) is 0 Å². The van der Waals surface area contributed by atoms with E-state index in [1.807, 2.05) is 30.3 Å². The molecule has 0 aliphatic carbocycles. The van der Waals surface area contributed by atoms with E-state index in [4.69, 9.17) is 11.6 Å². The number of rotatable bonds is 3. The number of hydrogen-bond donors (Lipinski definition) is 3. The van der Waals surface area contributed by atoms with Gasteiger partial charge in [0.15, 0.2) is 0 Å². The van der Waals surface area contributed by atoms with Crippen molar-refractivity contribution in [2.75, 3.05) is 5.32 Å². The van der Waals surface area contributed by atoms with Gasteiger partial charge in [0, 0.05) is 39.7 Å². The molecule has 6 nitrogen and oxygen atoms in total. The van der Waals surface area contributed by atoms with E-state index in [0.29, 0.717) is 22.0 Å². The normalized spacial score (nSPS) is 17.1. The lowest BCUT2D eigenvalue weighted by Gasteiger charge is -2.27. The van der Waals surface area contributed by atoms with Gasteiger partial charge in [0.05, 0.1) is 11.7 Å². The van der Waals surface area contributed by atoms with Crippen LogP contribution in [0, 0.1) is 0 Å². The second-order valence-electron chi connectivity index (χ2n) is 6.52. The van der Waals surface area contributed by atoms with Crippen LogP contribution in [0.15, 0.2) is 59.9 Å². The summed E-state index contributed by atoms with van der Waals surface area (Å²) in [5.74, 6) is -0.673. The van der Waals surface area contributed by atoms with Gasteiger partial charge >= 0.3 is 0 Å². The van der Waals surface area contributed by atoms with Crippen LogP contribution in [0.5, 0.6) is 0 Å². The summed E-state index contributed by atoms with van der Waals surface area (Å²) in [6.45, 7) is 1.74. The molecule has 1 aliphatic rings. The Morgan fingerprint density at radius 3 is 2.78 bits per heavy atom. The van der Waals surface area contributed by atoms with Crippen molar-refractivity contribution in [2.24, 2.45) is 0 Å². The van der Waals surface area contributed by atoms with Gasteiger partial charge in [-0.05, 0) is 42.8 Å². The molecule has 0 saturated heterocycles. The van der Waals surface area contributed by atoms with Crippen LogP contribution in [0.1, 0.15) is 24.8 Å². The van der Waals surface area contributed by atoms with Crippen molar-refractivity contribution in [2.45, 2.75) is 19.3 Å². The zero-order valence-electron chi connectivity index (χ0n) is 14.5. The quantitative estimate of drug-likeness (QED) is 0.647. The van der Waals surface area contributed by atoms with Crippen LogP contribution in [-0.2, 0) is 9.59 Å². The third-order valence-corrected chi connectivity index (χ3v) is 4.94. The molecule has 27 heavy (non-hydrogen) atoms. The first-order valence-corrected chi connectivity index (χ1v) is 8.89. The van der Waals surface area contributed by atoms with E-state index in [9.17, 15) is 9.59 Å². The first-order chi connectivity index (χ1) is 13.0. The average Bonchev–Trinajstić information content (AvgIpc) is 3.09. The van der Waals surface area contributed by atoms with Crippen LogP contribution in [0.3, 0.4) is 0 Å². The third-order valence-electron chi connectivity index (χ3n) is 4.68. The lowest BCUT2D eigenvalue weighted by Crippen LogP contribution is -2.35. The number of nitrogens with zero attached hydrogens (tertiary/aromatic N) is 1. The molecule has 0 bridgehead atoms. The molecule has 0 saturated carbocycles. The molecule has 1 aromatic heterocycles. The Bertz CT molecular complexity index is 1070. The van der Waals surface area contributed by atoms with Crippen molar-refractivity contribution in [1.29, 1.82) is 0 Å². The minimum Gasteiger partial charge on any atom is -0.330 e. The minimum atomic E-state index is -0.325. The second-order valence-corrected chi connectivity index (χ2v) is 6.96. The molecule has 3 N–H and O–H groups in total. The van der Waals surface area contributed by atoms with E-state index >= 15 is 0 Å². The Morgan fingerprint density at radius 2 is 2.00 bits per heavy atom. The van der Waals surface area contributed by atoms with Gasteiger partial charge < -0.3 is 10.6 Å². The number of carbonyl (C=O) groups excluding carboxylic acids is 2. The van der Waals surface area contributed by atoms with Gasteiger partial charge in [-0.15, -0.1) is 0 Å². The highest BCUT2D eigenvalue weighted by molar-refractivity contribution is 6.30. The van der Waals surface area contributed by atoms with Gasteiger partial charge in [-0.1, -0.05) is 23.7 Å². The summed E-state index contributed by atoms with van der Waals surface area (Å²) in [7, 11) is 0. The maximum Gasteiger partial charge on any atom is 0.253 e. The van der Waals surface area contributed by atoms with Crippen LogP contribution in [0.2, 0.25) is 5.02 Å². The lowest BCUT2D eigenvalue weighted by atomic mass is 9.84. The Morgan fingerprint density at radius 1 is 1.22 bits per heavy atom. The van der Waals surface area contributed by atoms with Crippen molar-refractivity contribution in [3.05, 3.63) is 70.5 Å². The highest BCUT2D eigenvalue weighted by atomic mass is 35.5. The molecule has 3 aromatic rings. The highest BCUT2D eigenvalue weighted by Crippen LogP contribution is 2.34. The maximum atomic E-state index is 13.0. The highest BCUT2D eigenvalue weighted by Gasteiger charge is 2.31. The molecule has 4 rings (SSSR count).